The third-order valence-electron chi connectivity index (χ3n) is 1.84. The minimum absolute atomic E-state index is 0.253. The molecule has 1 nitrogen and oxygen atoms in total. The number of hydrogen-bond donors (Lipinski definition) is 1. The molecule has 0 aromatic carbocycles. The van der Waals surface area contributed by atoms with Gasteiger partial charge in [-0.2, -0.15) is 0 Å². The Labute approximate surface area is 81.9 Å². The lowest BCUT2D eigenvalue weighted by atomic mass is 10.2. The molecule has 0 aliphatic heterocycles. The zero-order valence-electron chi connectivity index (χ0n) is 8.71. The summed E-state index contributed by atoms with van der Waals surface area (Å²) in [6, 6.07) is 0. The molecule has 0 saturated heterocycles. The molecule has 0 spiro atoms. The molecule has 1 N–H and O–H groups in total. The summed E-state index contributed by atoms with van der Waals surface area (Å²) in [5, 5.41) is 9.17. The van der Waals surface area contributed by atoms with Crippen LogP contribution in [-0.2, 0) is 0 Å². The maximum atomic E-state index is 9.17. The maximum absolute atomic E-state index is 9.17. The number of aliphatic hydroxyl groups is 1. The van der Waals surface area contributed by atoms with Gasteiger partial charge in [0.15, 0.2) is 0 Å². The van der Waals surface area contributed by atoms with E-state index < -0.39 is 0 Å². The molecule has 74 valence electrons. The van der Waals surface area contributed by atoms with Gasteiger partial charge in [0.2, 0.25) is 0 Å². The van der Waals surface area contributed by atoms with E-state index in [9.17, 15) is 5.11 Å². The standard InChI is InChI=1S/C12H20O/c1-3-5-6-7-8-9-10-11-12(13)4-2/h7-8,12-13H,3-6,11H2,1-2H3/b8-7+. The van der Waals surface area contributed by atoms with Crippen molar-refractivity contribution in [2.75, 3.05) is 0 Å². The van der Waals surface area contributed by atoms with Gasteiger partial charge in [-0.05, 0) is 18.9 Å². The van der Waals surface area contributed by atoms with E-state index >= 15 is 0 Å². The predicted octanol–water partition coefficient (Wildman–Crippen LogP) is 2.90. The first-order chi connectivity index (χ1) is 6.31. The smallest absolute Gasteiger partial charge is 0.0646 e. The van der Waals surface area contributed by atoms with Crippen LogP contribution in [0.25, 0.3) is 0 Å². The lowest BCUT2D eigenvalue weighted by Gasteiger charge is -1.98. The van der Waals surface area contributed by atoms with Crippen LogP contribution in [-0.4, -0.2) is 11.2 Å². The molecule has 0 aromatic rings. The summed E-state index contributed by atoms with van der Waals surface area (Å²) < 4.78 is 0. The third-order valence-corrected chi connectivity index (χ3v) is 1.84. The maximum Gasteiger partial charge on any atom is 0.0646 e. The van der Waals surface area contributed by atoms with E-state index in [0.29, 0.717) is 6.42 Å². The lowest BCUT2D eigenvalue weighted by Crippen LogP contribution is -2.01. The Morgan fingerprint density at radius 1 is 1.38 bits per heavy atom. The molecule has 1 unspecified atom stereocenters. The molecule has 0 rings (SSSR count). The molecule has 1 heteroatoms. The van der Waals surface area contributed by atoms with Gasteiger partial charge in [0.1, 0.15) is 0 Å². The van der Waals surface area contributed by atoms with Gasteiger partial charge in [-0.1, -0.05) is 44.6 Å². The zero-order valence-corrected chi connectivity index (χ0v) is 8.71. The van der Waals surface area contributed by atoms with Gasteiger partial charge in [-0.25, -0.2) is 0 Å². The van der Waals surface area contributed by atoms with Crippen LogP contribution in [0.1, 0.15) is 46.0 Å². The molecule has 0 amide bonds. The Kier molecular flexibility index (Phi) is 8.82. The highest BCUT2D eigenvalue weighted by molar-refractivity contribution is 5.15. The van der Waals surface area contributed by atoms with E-state index in [-0.39, 0.29) is 6.10 Å². The third kappa shape index (κ3) is 9.17. The van der Waals surface area contributed by atoms with Crippen molar-refractivity contribution in [3.8, 4) is 11.8 Å². The van der Waals surface area contributed by atoms with Crippen molar-refractivity contribution in [1.82, 2.24) is 0 Å². The second-order valence-electron chi connectivity index (χ2n) is 3.13. The first kappa shape index (κ1) is 12.3. The summed E-state index contributed by atoms with van der Waals surface area (Å²) in [5.74, 6) is 5.85. The van der Waals surface area contributed by atoms with Gasteiger partial charge in [0.25, 0.3) is 0 Å². The molecular weight excluding hydrogens is 160 g/mol. The summed E-state index contributed by atoms with van der Waals surface area (Å²) in [4.78, 5) is 0. The van der Waals surface area contributed by atoms with Crippen molar-refractivity contribution in [1.29, 1.82) is 0 Å². The summed E-state index contributed by atoms with van der Waals surface area (Å²) >= 11 is 0. The molecule has 0 saturated carbocycles. The van der Waals surface area contributed by atoms with Crippen LogP contribution >= 0.6 is 0 Å². The van der Waals surface area contributed by atoms with E-state index in [1.807, 2.05) is 13.0 Å². The van der Waals surface area contributed by atoms with Crippen molar-refractivity contribution in [2.45, 2.75) is 52.1 Å². The molecule has 13 heavy (non-hydrogen) atoms. The molecule has 0 bridgehead atoms. The van der Waals surface area contributed by atoms with E-state index in [1.54, 1.807) is 0 Å². The van der Waals surface area contributed by atoms with Gasteiger partial charge in [0, 0.05) is 6.42 Å². The number of allylic oxidation sites excluding steroid dienone is 2. The Bertz CT molecular complexity index is 183. The fourth-order valence-corrected chi connectivity index (χ4v) is 0.844. The molecule has 0 heterocycles. The largest absolute Gasteiger partial charge is 0.392 e. The Morgan fingerprint density at radius 2 is 2.15 bits per heavy atom. The lowest BCUT2D eigenvalue weighted by molar-refractivity contribution is 0.176. The van der Waals surface area contributed by atoms with Gasteiger partial charge in [-0.3, -0.25) is 0 Å². The fraction of sp³-hybridized carbons (Fsp3) is 0.667. The number of hydrogen-bond acceptors (Lipinski definition) is 1. The molecule has 0 fully saturated rings. The molecule has 0 radical (unpaired) electrons. The van der Waals surface area contributed by atoms with Crippen molar-refractivity contribution >= 4 is 0 Å². The van der Waals surface area contributed by atoms with Crippen LogP contribution in [0.5, 0.6) is 0 Å². The zero-order chi connectivity index (χ0) is 9.94. The second-order valence-corrected chi connectivity index (χ2v) is 3.13. The van der Waals surface area contributed by atoms with Crippen LogP contribution in [0.2, 0.25) is 0 Å². The van der Waals surface area contributed by atoms with Gasteiger partial charge >= 0.3 is 0 Å². The molecule has 0 aliphatic carbocycles. The summed E-state index contributed by atoms with van der Waals surface area (Å²) in [6.45, 7) is 4.14. The summed E-state index contributed by atoms with van der Waals surface area (Å²) in [7, 11) is 0. The molecular formula is C12H20O. The first-order valence-electron chi connectivity index (χ1n) is 5.12. The van der Waals surface area contributed by atoms with Gasteiger partial charge < -0.3 is 5.11 Å². The average Bonchev–Trinajstić information content (AvgIpc) is 2.16. The monoisotopic (exact) mass is 180 g/mol. The Hall–Kier alpha value is -0.740. The quantitative estimate of drug-likeness (QED) is 0.509. The topological polar surface area (TPSA) is 20.2 Å². The van der Waals surface area contributed by atoms with E-state index in [1.165, 1.54) is 12.8 Å². The summed E-state index contributed by atoms with van der Waals surface area (Å²) in [5.41, 5.74) is 0. The first-order valence-corrected chi connectivity index (χ1v) is 5.12. The van der Waals surface area contributed by atoms with Gasteiger partial charge in [0.05, 0.1) is 6.10 Å². The second kappa shape index (κ2) is 9.35. The van der Waals surface area contributed by atoms with Crippen molar-refractivity contribution in [3.05, 3.63) is 12.2 Å². The minimum atomic E-state index is -0.253. The van der Waals surface area contributed by atoms with E-state index in [2.05, 4.69) is 24.8 Å². The highest BCUT2D eigenvalue weighted by atomic mass is 16.3. The fourth-order valence-electron chi connectivity index (χ4n) is 0.844. The Balaban J connectivity index is 3.43. The number of unbranched alkanes of at least 4 members (excludes halogenated alkanes) is 2. The molecule has 1 atom stereocenters. The number of rotatable bonds is 5. The minimum Gasteiger partial charge on any atom is -0.392 e. The van der Waals surface area contributed by atoms with Crippen LogP contribution in [0.15, 0.2) is 12.2 Å². The Morgan fingerprint density at radius 3 is 2.77 bits per heavy atom. The van der Waals surface area contributed by atoms with E-state index in [0.717, 1.165) is 12.8 Å². The summed E-state index contributed by atoms with van der Waals surface area (Å²) in [6.07, 6.45) is 8.68. The van der Waals surface area contributed by atoms with E-state index in [4.69, 9.17) is 0 Å². The van der Waals surface area contributed by atoms with Gasteiger partial charge in [-0.15, -0.1) is 0 Å². The van der Waals surface area contributed by atoms with Crippen LogP contribution in [0.3, 0.4) is 0 Å². The SMILES string of the molecule is CCCC/C=C/C#CCC(O)CC. The number of aliphatic hydroxyl groups excluding tert-OH is 1. The van der Waals surface area contributed by atoms with Crippen molar-refractivity contribution < 1.29 is 5.11 Å². The molecule has 0 aromatic heterocycles. The highest BCUT2D eigenvalue weighted by Crippen LogP contribution is 1.95. The normalized spacial score (nSPS) is 12.5. The highest BCUT2D eigenvalue weighted by Gasteiger charge is 1.93. The van der Waals surface area contributed by atoms with Crippen LogP contribution in [0.4, 0.5) is 0 Å². The van der Waals surface area contributed by atoms with Crippen molar-refractivity contribution in [3.63, 3.8) is 0 Å². The predicted molar refractivity (Wildman–Crippen MR) is 57.4 cm³/mol. The average molecular weight is 180 g/mol. The molecule has 0 aliphatic rings. The van der Waals surface area contributed by atoms with Crippen molar-refractivity contribution in [2.24, 2.45) is 0 Å². The van der Waals surface area contributed by atoms with Crippen LogP contribution in [0, 0.1) is 11.8 Å². The van der Waals surface area contributed by atoms with Crippen LogP contribution < -0.4 is 0 Å².